The van der Waals surface area contributed by atoms with Crippen molar-refractivity contribution in [1.82, 2.24) is 20.2 Å². The normalized spacial score (nSPS) is 11.7. The monoisotopic (exact) mass is 382 g/mol. The summed E-state index contributed by atoms with van der Waals surface area (Å²) in [7, 11) is 0. The summed E-state index contributed by atoms with van der Waals surface area (Å²) in [5, 5.41) is 3.03. The van der Waals surface area contributed by atoms with Gasteiger partial charge in [0.25, 0.3) is 5.91 Å². The quantitative estimate of drug-likeness (QED) is 0.685. The molecule has 1 heterocycles. The Hall–Kier alpha value is -2.76. The molecule has 0 saturated heterocycles. The number of hydrogen-bond acceptors (Lipinski definition) is 4. The minimum absolute atomic E-state index is 0.0375. The molecule has 1 aromatic carbocycles. The highest BCUT2D eigenvalue weighted by molar-refractivity contribution is 5.92. The molecule has 0 aliphatic heterocycles. The van der Waals surface area contributed by atoms with E-state index in [1.165, 1.54) is 11.8 Å². The lowest BCUT2D eigenvalue weighted by Gasteiger charge is -2.22. The first-order valence-corrected chi connectivity index (χ1v) is 9.90. The molecule has 0 aliphatic rings. The maximum absolute atomic E-state index is 12.6. The van der Waals surface area contributed by atoms with Crippen LogP contribution >= 0.6 is 0 Å². The van der Waals surface area contributed by atoms with Crippen LogP contribution in [0.1, 0.15) is 54.9 Å². The van der Waals surface area contributed by atoms with Gasteiger partial charge in [0.15, 0.2) is 0 Å². The minimum Gasteiger partial charge on any atom is -0.354 e. The molecule has 6 heteroatoms. The highest BCUT2D eigenvalue weighted by Crippen LogP contribution is 2.06. The van der Waals surface area contributed by atoms with E-state index < -0.39 is 0 Å². The van der Waals surface area contributed by atoms with Crippen LogP contribution in [-0.2, 0) is 11.2 Å². The summed E-state index contributed by atoms with van der Waals surface area (Å²) in [6.45, 7) is 6.81. The van der Waals surface area contributed by atoms with Crippen molar-refractivity contribution in [2.75, 3.05) is 13.1 Å². The Morgan fingerprint density at radius 3 is 2.50 bits per heavy atom. The molecular weight excluding hydrogens is 352 g/mol. The number of carbonyl (C=O) groups is 2. The summed E-state index contributed by atoms with van der Waals surface area (Å²) in [4.78, 5) is 34.9. The zero-order valence-corrected chi connectivity index (χ0v) is 17.0. The van der Waals surface area contributed by atoms with Crippen LogP contribution in [0.2, 0.25) is 0 Å². The van der Waals surface area contributed by atoms with Gasteiger partial charge in [-0.15, -0.1) is 0 Å². The molecule has 1 atom stereocenters. The fraction of sp³-hybridized carbons (Fsp3) is 0.455. The van der Waals surface area contributed by atoms with Crippen LogP contribution in [0.4, 0.5) is 0 Å². The van der Waals surface area contributed by atoms with Crippen molar-refractivity contribution < 1.29 is 9.59 Å². The highest BCUT2D eigenvalue weighted by atomic mass is 16.2. The second-order valence-corrected chi connectivity index (χ2v) is 7.08. The molecule has 0 fully saturated rings. The minimum atomic E-state index is -0.181. The molecule has 1 N–H and O–H groups in total. The van der Waals surface area contributed by atoms with Gasteiger partial charge < -0.3 is 10.2 Å². The maximum atomic E-state index is 12.6. The van der Waals surface area contributed by atoms with Gasteiger partial charge in [-0.25, -0.2) is 4.98 Å². The molecule has 150 valence electrons. The summed E-state index contributed by atoms with van der Waals surface area (Å²) in [6, 6.07) is 10.3. The molecule has 0 radical (unpaired) electrons. The maximum Gasteiger partial charge on any atom is 0.274 e. The van der Waals surface area contributed by atoms with Crippen LogP contribution in [0.3, 0.4) is 0 Å². The first-order valence-electron chi connectivity index (χ1n) is 9.90. The zero-order chi connectivity index (χ0) is 20.4. The number of nitrogens with zero attached hydrogens (tertiary/aromatic N) is 3. The van der Waals surface area contributed by atoms with Gasteiger partial charge in [0.2, 0.25) is 5.91 Å². The van der Waals surface area contributed by atoms with E-state index in [-0.39, 0.29) is 24.3 Å². The largest absolute Gasteiger partial charge is 0.354 e. The third-order valence-electron chi connectivity index (χ3n) is 4.51. The molecule has 6 nitrogen and oxygen atoms in total. The van der Waals surface area contributed by atoms with E-state index in [4.69, 9.17) is 0 Å². The van der Waals surface area contributed by atoms with Gasteiger partial charge >= 0.3 is 0 Å². The molecule has 0 bridgehead atoms. The van der Waals surface area contributed by atoms with Crippen molar-refractivity contribution in [1.29, 1.82) is 0 Å². The Kier molecular flexibility index (Phi) is 8.59. The van der Waals surface area contributed by atoms with Gasteiger partial charge in [-0.3, -0.25) is 14.6 Å². The molecule has 2 amide bonds. The lowest BCUT2D eigenvalue weighted by molar-refractivity contribution is -0.121. The van der Waals surface area contributed by atoms with Gasteiger partial charge in [0.1, 0.15) is 5.69 Å². The summed E-state index contributed by atoms with van der Waals surface area (Å²) >= 11 is 0. The van der Waals surface area contributed by atoms with Crippen molar-refractivity contribution in [3.63, 3.8) is 0 Å². The lowest BCUT2D eigenvalue weighted by atomic mass is 10.1. The number of nitrogens with one attached hydrogen (secondary N) is 1. The summed E-state index contributed by atoms with van der Waals surface area (Å²) in [5.41, 5.74) is 2.35. The van der Waals surface area contributed by atoms with Crippen LogP contribution in [0, 0.1) is 6.92 Å². The standard InChI is InChI=1S/C22H30N4O2/c1-4-13-26(22(28)20-16-23-18(3)15-24-20)14-12-21(27)25-17(2)10-11-19-8-6-5-7-9-19/h5-9,15-17H,4,10-14H2,1-3H3,(H,25,27)/t17-/m0/s1. The smallest absolute Gasteiger partial charge is 0.274 e. The molecule has 0 spiro atoms. The molecular formula is C22H30N4O2. The SMILES string of the molecule is CCCN(CCC(=O)N[C@@H](C)CCc1ccccc1)C(=O)c1cnc(C)cn1. The van der Waals surface area contributed by atoms with E-state index in [1.807, 2.05) is 39.0 Å². The Bertz CT molecular complexity index is 747. The van der Waals surface area contributed by atoms with Crippen molar-refractivity contribution in [2.24, 2.45) is 0 Å². The van der Waals surface area contributed by atoms with E-state index in [0.717, 1.165) is 25.0 Å². The Morgan fingerprint density at radius 2 is 1.86 bits per heavy atom. The van der Waals surface area contributed by atoms with Gasteiger partial charge in [-0.1, -0.05) is 37.3 Å². The number of carbonyl (C=O) groups excluding carboxylic acids is 2. The fourth-order valence-electron chi connectivity index (χ4n) is 2.93. The Balaban J connectivity index is 1.80. The highest BCUT2D eigenvalue weighted by Gasteiger charge is 2.18. The van der Waals surface area contributed by atoms with Crippen LogP contribution in [0.5, 0.6) is 0 Å². The summed E-state index contributed by atoms with van der Waals surface area (Å²) in [5.74, 6) is -0.219. The first kappa shape index (κ1) is 21.5. The van der Waals surface area contributed by atoms with E-state index in [1.54, 1.807) is 11.1 Å². The number of hydrogen-bond donors (Lipinski definition) is 1. The van der Waals surface area contributed by atoms with E-state index in [0.29, 0.717) is 18.8 Å². The van der Waals surface area contributed by atoms with Gasteiger partial charge in [0, 0.05) is 31.7 Å². The molecule has 1 aromatic heterocycles. The van der Waals surface area contributed by atoms with Crippen molar-refractivity contribution in [3.05, 3.63) is 59.7 Å². The fourth-order valence-corrected chi connectivity index (χ4v) is 2.93. The number of aromatic nitrogens is 2. The van der Waals surface area contributed by atoms with Crippen molar-refractivity contribution in [2.45, 2.75) is 52.5 Å². The van der Waals surface area contributed by atoms with Crippen molar-refractivity contribution >= 4 is 11.8 Å². The second kappa shape index (κ2) is 11.2. The molecule has 2 rings (SSSR count). The Morgan fingerprint density at radius 1 is 1.11 bits per heavy atom. The predicted molar refractivity (Wildman–Crippen MR) is 110 cm³/mol. The summed E-state index contributed by atoms with van der Waals surface area (Å²) < 4.78 is 0. The average Bonchev–Trinajstić information content (AvgIpc) is 2.70. The molecule has 2 aromatic rings. The number of rotatable bonds is 10. The number of amides is 2. The van der Waals surface area contributed by atoms with Gasteiger partial charge in [-0.2, -0.15) is 0 Å². The number of benzene rings is 1. The Labute approximate surface area is 167 Å². The molecule has 0 saturated carbocycles. The van der Waals surface area contributed by atoms with E-state index >= 15 is 0 Å². The van der Waals surface area contributed by atoms with Crippen LogP contribution in [0.25, 0.3) is 0 Å². The second-order valence-electron chi connectivity index (χ2n) is 7.08. The van der Waals surface area contributed by atoms with Crippen LogP contribution in [0.15, 0.2) is 42.7 Å². The number of aryl methyl sites for hydroxylation is 2. The third-order valence-corrected chi connectivity index (χ3v) is 4.51. The van der Waals surface area contributed by atoms with E-state index in [2.05, 4.69) is 27.4 Å². The predicted octanol–water partition coefficient (Wildman–Crippen LogP) is 3.16. The van der Waals surface area contributed by atoms with Gasteiger partial charge in [-0.05, 0) is 38.7 Å². The summed E-state index contributed by atoms with van der Waals surface area (Å²) in [6.07, 6.45) is 5.98. The topological polar surface area (TPSA) is 75.2 Å². The third kappa shape index (κ3) is 7.10. The molecule has 0 aliphatic carbocycles. The zero-order valence-electron chi connectivity index (χ0n) is 17.0. The molecule has 0 unspecified atom stereocenters. The average molecular weight is 383 g/mol. The van der Waals surface area contributed by atoms with Crippen molar-refractivity contribution in [3.8, 4) is 0 Å². The first-order chi connectivity index (χ1) is 13.5. The van der Waals surface area contributed by atoms with Crippen LogP contribution in [-0.4, -0.2) is 45.8 Å². The molecule has 28 heavy (non-hydrogen) atoms. The van der Waals surface area contributed by atoms with Crippen LogP contribution < -0.4 is 5.32 Å². The van der Waals surface area contributed by atoms with Gasteiger partial charge in [0.05, 0.1) is 11.9 Å². The lowest BCUT2D eigenvalue weighted by Crippen LogP contribution is -2.38. The van der Waals surface area contributed by atoms with E-state index in [9.17, 15) is 9.59 Å².